The number of aliphatic hydroxyl groups is 1. The Hall–Kier alpha value is -1.17. The van der Waals surface area contributed by atoms with E-state index in [-0.39, 0.29) is 17.9 Å². The van der Waals surface area contributed by atoms with Gasteiger partial charge in [0.2, 0.25) is 0 Å². The lowest BCUT2D eigenvalue weighted by Gasteiger charge is -2.29. The number of hydrogen-bond acceptors (Lipinski definition) is 4. The summed E-state index contributed by atoms with van der Waals surface area (Å²) in [7, 11) is 0. The lowest BCUT2D eigenvalue weighted by Crippen LogP contribution is -2.46. The summed E-state index contributed by atoms with van der Waals surface area (Å²) in [4.78, 5) is 0. The van der Waals surface area contributed by atoms with Crippen LogP contribution in [0.2, 0.25) is 0 Å². The fourth-order valence-corrected chi connectivity index (χ4v) is 2.39. The molecular formula is C14H22FN3O. The second-order valence-corrected chi connectivity index (χ2v) is 5.29. The van der Waals surface area contributed by atoms with Gasteiger partial charge in [0.05, 0.1) is 0 Å². The molecule has 1 aromatic rings. The molecule has 0 radical (unpaired) electrons. The van der Waals surface area contributed by atoms with Crippen LogP contribution in [0.15, 0.2) is 18.2 Å². The minimum atomic E-state index is -0.874. The van der Waals surface area contributed by atoms with E-state index in [9.17, 15) is 9.50 Å². The number of rotatable bonds is 4. The Labute approximate surface area is 113 Å². The number of anilines is 1. The van der Waals surface area contributed by atoms with Crippen molar-refractivity contribution in [3.63, 3.8) is 0 Å². The van der Waals surface area contributed by atoms with Gasteiger partial charge in [-0.2, -0.15) is 0 Å². The van der Waals surface area contributed by atoms with Crippen molar-refractivity contribution in [3.05, 3.63) is 29.6 Å². The number of hydrogen-bond donors (Lipinski definition) is 4. The second-order valence-electron chi connectivity index (χ2n) is 5.29. The van der Waals surface area contributed by atoms with E-state index in [1.165, 1.54) is 6.07 Å². The van der Waals surface area contributed by atoms with Crippen molar-refractivity contribution in [1.82, 2.24) is 5.32 Å². The number of aliphatic hydroxyl groups excluding tert-OH is 1. The molecule has 1 saturated carbocycles. The van der Waals surface area contributed by atoms with Crippen LogP contribution in [-0.4, -0.2) is 23.5 Å². The molecule has 5 N–H and O–H groups in total. The van der Waals surface area contributed by atoms with Gasteiger partial charge in [-0.15, -0.1) is 0 Å². The van der Waals surface area contributed by atoms with Gasteiger partial charge in [-0.25, -0.2) is 4.39 Å². The van der Waals surface area contributed by atoms with Crippen molar-refractivity contribution in [2.24, 2.45) is 5.73 Å². The maximum atomic E-state index is 13.4. The van der Waals surface area contributed by atoms with Crippen molar-refractivity contribution in [2.75, 3.05) is 5.32 Å². The molecule has 0 heterocycles. The molecule has 1 fully saturated rings. The molecule has 1 aliphatic rings. The highest BCUT2D eigenvalue weighted by atomic mass is 19.1. The Kier molecular flexibility index (Phi) is 4.74. The van der Waals surface area contributed by atoms with E-state index in [4.69, 9.17) is 5.73 Å². The molecule has 0 saturated heterocycles. The first-order chi connectivity index (χ1) is 9.04. The number of benzene rings is 1. The van der Waals surface area contributed by atoms with Gasteiger partial charge in [0.15, 0.2) is 6.35 Å². The van der Waals surface area contributed by atoms with Crippen molar-refractivity contribution >= 4 is 5.69 Å². The largest absolute Gasteiger partial charge is 0.361 e. The summed E-state index contributed by atoms with van der Waals surface area (Å²) >= 11 is 0. The third kappa shape index (κ3) is 4.16. The van der Waals surface area contributed by atoms with Gasteiger partial charge in [0.1, 0.15) is 5.82 Å². The van der Waals surface area contributed by atoms with Crippen LogP contribution >= 0.6 is 0 Å². The van der Waals surface area contributed by atoms with Gasteiger partial charge >= 0.3 is 0 Å². The lowest BCUT2D eigenvalue weighted by molar-refractivity contribution is 0.136. The van der Waals surface area contributed by atoms with E-state index < -0.39 is 6.35 Å². The summed E-state index contributed by atoms with van der Waals surface area (Å²) in [6.45, 7) is 1.71. The first kappa shape index (κ1) is 14.2. The van der Waals surface area contributed by atoms with Crippen LogP contribution in [0.5, 0.6) is 0 Å². The van der Waals surface area contributed by atoms with Crippen LogP contribution < -0.4 is 16.4 Å². The summed E-state index contributed by atoms with van der Waals surface area (Å²) < 4.78 is 13.4. The standard InChI is InChI=1S/C14H22FN3O/c1-9-2-5-12(8-13(9)15)18-14(19)17-11-6-3-10(16)4-7-11/h2,5,8,10-11,14,17-19H,3-4,6-7,16H2,1H3/t10-,11+,14?. The van der Waals surface area contributed by atoms with Gasteiger partial charge in [-0.05, 0) is 50.3 Å². The van der Waals surface area contributed by atoms with Crippen molar-refractivity contribution < 1.29 is 9.50 Å². The molecule has 0 bridgehead atoms. The Morgan fingerprint density at radius 3 is 2.63 bits per heavy atom. The maximum absolute atomic E-state index is 13.4. The molecular weight excluding hydrogens is 245 g/mol. The van der Waals surface area contributed by atoms with E-state index in [0.29, 0.717) is 11.3 Å². The molecule has 0 aromatic heterocycles. The molecule has 106 valence electrons. The van der Waals surface area contributed by atoms with Gasteiger partial charge in [0, 0.05) is 17.8 Å². The second kappa shape index (κ2) is 6.32. The van der Waals surface area contributed by atoms with Crippen LogP contribution in [0.4, 0.5) is 10.1 Å². The Balaban J connectivity index is 1.83. The highest BCUT2D eigenvalue weighted by Gasteiger charge is 2.20. The van der Waals surface area contributed by atoms with Crippen molar-refractivity contribution in [1.29, 1.82) is 0 Å². The number of halogens is 1. The lowest BCUT2D eigenvalue weighted by atomic mass is 9.92. The highest BCUT2D eigenvalue weighted by Crippen LogP contribution is 2.18. The van der Waals surface area contributed by atoms with Crippen molar-refractivity contribution in [3.8, 4) is 0 Å². The smallest absolute Gasteiger partial charge is 0.181 e. The van der Waals surface area contributed by atoms with Crippen LogP contribution in [0.25, 0.3) is 0 Å². The zero-order valence-corrected chi connectivity index (χ0v) is 11.2. The highest BCUT2D eigenvalue weighted by molar-refractivity contribution is 5.45. The zero-order chi connectivity index (χ0) is 13.8. The minimum absolute atomic E-state index is 0.262. The third-order valence-corrected chi connectivity index (χ3v) is 3.64. The minimum Gasteiger partial charge on any atom is -0.361 e. The molecule has 2 rings (SSSR count). The van der Waals surface area contributed by atoms with E-state index in [2.05, 4.69) is 10.6 Å². The normalized spacial score (nSPS) is 25.1. The quantitative estimate of drug-likeness (QED) is 0.627. The molecule has 1 aromatic carbocycles. The zero-order valence-electron chi connectivity index (χ0n) is 11.2. The van der Waals surface area contributed by atoms with E-state index in [1.54, 1.807) is 19.1 Å². The SMILES string of the molecule is Cc1ccc(NC(O)N[C@H]2CC[C@@H](N)CC2)cc1F. The molecule has 5 heteroatoms. The predicted molar refractivity (Wildman–Crippen MR) is 74.1 cm³/mol. The average Bonchev–Trinajstić information content (AvgIpc) is 2.37. The molecule has 1 unspecified atom stereocenters. The number of nitrogens with one attached hydrogen (secondary N) is 2. The molecule has 0 aliphatic heterocycles. The summed E-state index contributed by atoms with van der Waals surface area (Å²) in [5, 5.41) is 15.8. The van der Waals surface area contributed by atoms with E-state index >= 15 is 0 Å². The average molecular weight is 267 g/mol. The number of aryl methyl sites for hydroxylation is 1. The molecule has 0 spiro atoms. The van der Waals surface area contributed by atoms with Crippen LogP contribution in [0.1, 0.15) is 31.2 Å². The first-order valence-electron chi connectivity index (χ1n) is 6.77. The first-order valence-corrected chi connectivity index (χ1v) is 6.77. The van der Waals surface area contributed by atoms with E-state index in [0.717, 1.165) is 25.7 Å². The molecule has 1 aliphatic carbocycles. The Morgan fingerprint density at radius 2 is 2.00 bits per heavy atom. The summed E-state index contributed by atoms with van der Waals surface area (Å²) in [5.74, 6) is -0.277. The molecule has 4 nitrogen and oxygen atoms in total. The predicted octanol–water partition coefficient (Wildman–Crippen LogP) is 1.68. The van der Waals surface area contributed by atoms with E-state index in [1.807, 2.05) is 0 Å². The molecule has 1 atom stereocenters. The third-order valence-electron chi connectivity index (χ3n) is 3.64. The molecule has 0 amide bonds. The maximum Gasteiger partial charge on any atom is 0.181 e. The summed E-state index contributed by atoms with van der Waals surface area (Å²) in [6.07, 6.45) is 3.00. The van der Waals surface area contributed by atoms with Crippen LogP contribution in [0.3, 0.4) is 0 Å². The fraction of sp³-hybridized carbons (Fsp3) is 0.571. The van der Waals surface area contributed by atoms with Crippen molar-refractivity contribution in [2.45, 2.75) is 51.0 Å². The van der Waals surface area contributed by atoms with Gasteiger partial charge in [0.25, 0.3) is 0 Å². The summed E-state index contributed by atoms with van der Waals surface area (Å²) in [5.41, 5.74) is 6.99. The van der Waals surface area contributed by atoms with Gasteiger partial charge in [-0.1, -0.05) is 6.07 Å². The fourth-order valence-electron chi connectivity index (χ4n) is 2.39. The van der Waals surface area contributed by atoms with Crippen LogP contribution in [0, 0.1) is 12.7 Å². The Bertz CT molecular complexity index is 419. The molecule has 19 heavy (non-hydrogen) atoms. The topological polar surface area (TPSA) is 70.3 Å². The van der Waals surface area contributed by atoms with Gasteiger partial charge < -0.3 is 16.2 Å². The Morgan fingerprint density at radius 1 is 1.32 bits per heavy atom. The summed E-state index contributed by atoms with van der Waals surface area (Å²) in [6, 6.07) is 5.37. The van der Waals surface area contributed by atoms with Crippen LogP contribution in [-0.2, 0) is 0 Å². The number of nitrogens with two attached hydrogens (primary N) is 1. The monoisotopic (exact) mass is 267 g/mol. The van der Waals surface area contributed by atoms with Gasteiger partial charge in [-0.3, -0.25) is 5.32 Å².